The molecule has 0 bridgehead atoms. The molecule has 0 aliphatic rings. The van der Waals surface area contributed by atoms with E-state index in [1.165, 1.54) is 17.3 Å². The normalized spacial score (nSPS) is 12.3. The van der Waals surface area contributed by atoms with E-state index in [4.69, 9.17) is 0 Å². The van der Waals surface area contributed by atoms with E-state index in [-0.39, 0.29) is 20.8 Å². The maximum absolute atomic E-state index is 13.3. The minimum absolute atomic E-state index is 0.00345. The van der Waals surface area contributed by atoms with E-state index in [1.54, 1.807) is 36.0 Å². The van der Waals surface area contributed by atoms with Gasteiger partial charge in [-0.05, 0) is 109 Å². The lowest BCUT2D eigenvalue weighted by Crippen LogP contribution is -2.19. The zero-order valence-corrected chi connectivity index (χ0v) is 28.5. The Morgan fingerprint density at radius 1 is 0.581 bits per heavy atom. The highest BCUT2D eigenvalue weighted by Gasteiger charge is 2.24. The Hall–Kier alpha value is -2.80. The van der Waals surface area contributed by atoms with Crippen LogP contribution >= 0.6 is 23.5 Å². The van der Waals surface area contributed by atoms with Crippen molar-refractivity contribution in [2.75, 3.05) is 0 Å². The maximum atomic E-state index is 13.3. The van der Waals surface area contributed by atoms with Crippen LogP contribution in [0.2, 0.25) is 0 Å². The van der Waals surface area contributed by atoms with Crippen molar-refractivity contribution in [3.8, 4) is 0 Å². The number of carbonyl (C=O) groups is 1. The van der Waals surface area contributed by atoms with Crippen molar-refractivity contribution in [1.82, 2.24) is 0 Å². The summed E-state index contributed by atoms with van der Waals surface area (Å²) in [6.07, 6.45) is 4.21. The molecule has 0 aliphatic heterocycles. The zero-order valence-electron chi connectivity index (χ0n) is 26.0. The molecule has 3 nitrogen and oxygen atoms in total. The first kappa shape index (κ1) is 33.1. The Balaban J connectivity index is 1.41. The topological polar surface area (TPSA) is 51.2 Å². The van der Waals surface area contributed by atoms with Crippen molar-refractivity contribution in [3.63, 3.8) is 0 Å². The summed E-state index contributed by atoms with van der Waals surface area (Å²) >= 11 is 3.33. The molecule has 0 amide bonds. The summed E-state index contributed by atoms with van der Waals surface area (Å²) in [4.78, 5) is 16.7. The molecule has 0 N–H and O–H groups in total. The highest BCUT2D eigenvalue weighted by molar-refractivity contribution is 8.00. The predicted molar refractivity (Wildman–Crippen MR) is 182 cm³/mol. The van der Waals surface area contributed by atoms with E-state index in [9.17, 15) is 13.2 Å². The van der Waals surface area contributed by atoms with E-state index >= 15 is 0 Å². The SMILES string of the molecule is CCC(C)(CC)Sc1ccc(S(=O)(=O)c2ccc(Sc3ccc(C(=O)c4ccc(C(C)(CC)CC)cc4)cc3)cc2)cc1. The van der Waals surface area contributed by atoms with Gasteiger partial charge >= 0.3 is 0 Å². The number of rotatable bonds is 13. The van der Waals surface area contributed by atoms with Gasteiger partial charge in [-0.1, -0.05) is 77.6 Å². The molecule has 43 heavy (non-hydrogen) atoms. The van der Waals surface area contributed by atoms with Gasteiger partial charge in [0, 0.05) is 30.6 Å². The smallest absolute Gasteiger partial charge is 0.206 e. The second kappa shape index (κ2) is 13.9. The average Bonchev–Trinajstić information content (AvgIpc) is 3.05. The van der Waals surface area contributed by atoms with Crippen LogP contribution in [0, 0.1) is 0 Å². The number of benzene rings is 4. The summed E-state index contributed by atoms with van der Waals surface area (Å²) < 4.78 is 26.7. The van der Waals surface area contributed by atoms with E-state index in [0.717, 1.165) is 40.4 Å². The Bertz CT molecular complexity index is 1610. The summed E-state index contributed by atoms with van der Waals surface area (Å²) in [5.74, 6) is 0.00345. The molecule has 4 rings (SSSR count). The molecule has 0 heterocycles. The number of hydrogen-bond donors (Lipinski definition) is 0. The summed E-state index contributed by atoms with van der Waals surface area (Å²) in [5.41, 5.74) is 2.72. The van der Waals surface area contributed by atoms with E-state index in [1.807, 2.05) is 60.7 Å². The van der Waals surface area contributed by atoms with Crippen LogP contribution in [0.25, 0.3) is 0 Å². The minimum atomic E-state index is -3.61. The molecule has 4 aromatic carbocycles. The quantitative estimate of drug-likeness (QED) is 0.109. The number of thioether (sulfide) groups is 1. The molecule has 0 radical (unpaired) electrons. The highest BCUT2D eigenvalue weighted by Crippen LogP contribution is 2.38. The van der Waals surface area contributed by atoms with Gasteiger partial charge in [-0.2, -0.15) is 0 Å². The number of ketones is 1. The Labute approximate surface area is 266 Å². The van der Waals surface area contributed by atoms with Crippen molar-refractivity contribution in [2.24, 2.45) is 0 Å². The Morgan fingerprint density at radius 3 is 1.40 bits per heavy atom. The number of hydrogen-bond acceptors (Lipinski definition) is 5. The predicted octanol–water partition coefficient (Wildman–Crippen LogP) is 10.7. The van der Waals surface area contributed by atoms with Crippen molar-refractivity contribution in [1.29, 1.82) is 0 Å². The first-order chi connectivity index (χ1) is 20.5. The molecular formula is C37H42O3S3. The third kappa shape index (κ3) is 7.65. The van der Waals surface area contributed by atoms with Gasteiger partial charge in [-0.3, -0.25) is 4.79 Å². The van der Waals surface area contributed by atoms with Crippen LogP contribution in [-0.4, -0.2) is 18.9 Å². The molecule has 226 valence electrons. The summed E-state index contributed by atoms with van der Waals surface area (Å²) in [6.45, 7) is 13.3. The molecule has 0 unspecified atom stereocenters. The average molecular weight is 631 g/mol. The lowest BCUT2D eigenvalue weighted by molar-refractivity contribution is 0.103. The molecule has 0 saturated heterocycles. The van der Waals surface area contributed by atoms with Crippen LogP contribution in [0.1, 0.15) is 88.7 Å². The minimum Gasteiger partial charge on any atom is -0.289 e. The highest BCUT2D eigenvalue weighted by atomic mass is 32.2. The summed E-state index contributed by atoms with van der Waals surface area (Å²) in [7, 11) is -3.61. The lowest BCUT2D eigenvalue weighted by atomic mass is 9.77. The molecule has 0 spiro atoms. The summed E-state index contributed by atoms with van der Waals surface area (Å²) in [5, 5.41) is 0. The van der Waals surface area contributed by atoms with Gasteiger partial charge in [-0.15, -0.1) is 11.8 Å². The van der Waals surface area contributed by atoms with Crippen LogP contribution in [0.3, 0.4) is 0 Å². The molecular weight excluding hydrogens is 589 g/mol. The first-order valence-electron chi connectivity index (χ1n) is 15.0. The molecule has 0 saturated carbocycles. The van der Waals surface area contributed by atoms with Gasteiger partial charge in [0.05, 0.1) is 9.79 Å². The second-order valence-electron chi connectivity index (χ2n) is 11.5. The van der Waals surface area contributed by atoms with Crippen molar-refractivity contribution in [2.45, 2.75) is 102 Å². The van der Waals surface area contributed by atoms with Crippen LogP contribution in [0.15, 0.2) is 122 Å². The summed E-state index contributed by atoms with van der Waals surface area (Å²) in [6, 6.07) is 29.8. The third-order valence-electron chi connectivity index (χ3n) is 8.88. The molecule has 0 aromatic heterocycles. The molecule has 4 aromatic rings. The van der Waals surface area contributed by atoms with Gasteiger partial charge in [0.1, 0.15) is 0 Å². The van der Waals surface area contributed by atoms with Crippen LogP contribution in [0.4, 0.5) is 0 Å². The maximum Gasteiger partial charge on any atom is 0.206 e. The zero-order chi connectivity index (χ0) is 31.3. The molecule has 0 fully saturated rings. The Kier molecular flexibility index (Phi) is 10.7. The largest absolute Gasteiger partial charge is 0.289 e. The standard InChI is InChI=1S/C37H42O3S3/c1-7-36(5,8-2)29-15-11-27(12-16-29)35(38)28-13-17-30(18-14-28)41-31-19-23-33(24-20-31)43(39,40)34-25-21-32(22-26-34)42-37(6,9-3)10-4/h11-26H,7-10H2,1-6H3. The van der Waals surface area contributed by atoms with Crippen LogP contribution in [0.5, 0.6) is 0 Å². The lowest BCUT2D eigenvalue weighted by Gasteiger charge is -2.27. The Morgan fingerprint density at radius 2 is 0.977 bits per heavy atom. The number of sulfone groups is 1. The fourth-order valence-corrected chi connectivity index (χ4v) is 8.06. The van der Waals surface area contributed by atoms with Gasteiger partial charge in [0.25, 0.3) is 0 Å². The fraction of sp³-hybridized carbons (Fsp3) is 0.324. The van der Waals surface area contributed by atoms with Gasteiger partial charge in [0.2, 0.25) is 9.84 Å². The van der Waals surface area contributed by atoms with Crippen molar-refractivity contribution < 1.29 is 13.2 Å². The molecule has 0 aliphatic carbocycles. The van der Waals surface area contributed by atoms with Gasteiger partial charge in [0.15, 0.2) is 5.78 Å². The van der Waals surface area contributed by atoms with E-state index in [0.29, 0.717) is 16.0 Å². The van der Waals surface area contributed by atoms with Crippen LogP contribution in [-0.2, 0) is 15.3 Å². The molecule has 6 heteroatoms. The first-order valence-corrected chi connectivity index (χ1v) is 18.2. The third-order valence-corrected chi connectivity index (χ3v) is 13.3. The number of carbonyl (C=O) groups excluding carboxylic acids is 1. The molecule has 0 atom stereocenters. The van der Waals surface area contributed by atoms with Crippen molar-refractivity contribution in [3.05, 3.63) is 114 Å². The van der Waals surface area contributed by atoms with Gasteiger partial charge < -0.3 is 0 Å². The fourth-order valence-electron chi connectivity index (χ4n) is 4.85. The monoisotopic (exact) mass is 630 g/mol. The second-order valence-corrected chi connectivity index (χ2v) is 16.3. The van der Waals surface area contributed by atoms with Crippen molar-refractivity contribution >= 4 is 39.1 Å². The van der Waals surface area contributed by atoms with Gasteiger partial charge in [-0.25, -0.2) is 8.42 Å². The van der Waals surface area contributed by atoms with Crippen LogP contribution < -0.4 is 0 Å². The van der Waals surface area contributed by atoms with E-state index < -0.39 is 9.84 Å². The van der Waals surface area contributed by atoms with E-state index in [2.05, 4.69) is 53.7 Å².